The zero-order valence-electron chi connectivity index (χ0n) is 16.0. The Bertz CT molecular complexity index is 807. The minimum atomic E-state index is -0.420. The number of ether oxygens (including phenoxy) is 1. The number of hydrogen-bond acceptors (Lipinski definition) is 4. The summed E-state index contributed by atoms with van der Waals surface area (Å²) in [7, 11) is 0. The molecule has 0 saturated carbocycles. The number of pyridine rings is 1. The number of carbonyl (C=O) groups is 1. The van der Waals surface area contributed by atoms with Crippen LogP contribution in [0.4, 0.5) is 0 Å². The first-order chi connectivity index (χ1) is 13.0. The Morgan fingerprint density at radius 1 is 1.22 bits per heavy atom. The summed E-state index contributed by atoms with van der Waals surface area (Å²) >= 11 is 0. The molecule has 142 valence electrons. The summed E-state index contributed by atoms with van der Waals surface area (Å²) in [5.41, 5.74) is 8.21. The van der Waals surface area contributed by atoms with Gasteiger partial charge >= 0.3 is 0 Å². The summed E-state index contributed by atoms with van der Waals surface area (Å²) in [6.45, 7) is 4.31. The summed E-state index contributed by atoms with van der Waals surface area (Å²) in [5, 5.41) is 0. The molecule has 1 amide bonds. The van der Waals surface area contributed by atoms with E-state index in [2.05, 4.69) is 28.9 Å². The van der Waals surface area contributed by atoms with E-state index in [1.165, 1.54) is 18.4 Å². The standard InChI is InChI=1S/C22H27N3O2/c1-14-6-7-17(13-24-14)15(2)25-18-8-9-19(25)12-21(11-18)27-20-5-3-4-16(10-20)22(23)26/h3-7,10,13,15,18-19,21H,8-9,11-12H2,1-2H3,(H2,23,26)/t15-,18-,19+,21?/m1/s1. The van der Waals surface area contributed by atoms with E-state index in [-0.39, 0.29) is 6.10 Å². The lowest BCUT2D eigenvalue weighted by atomic mass is 9.95. The fourth-order valence-corrected chi connectivity index (χ4v) is 4.71. The number of carbonyl (C=O) groups excluding carboxylic acids is 1. The average molecular weight is 365 g/mol. The smallest absolute Gasteiger partial charge is 0.248 e. The Balaban J connectivity index is 1.45. The summed E-state index contributed by atoms with van der Waals surface area (Å²) in [5.74, 6) is 0.316. The molecule has 2 aliphatic rings. The van der Waals surface area contributed by atoms with Crippen LogP contribution in [0.5, 0.6) is 5.75 Å². The zero-order valence-corrected chi connectivity index (χ0v) is 16.0. The van der Waals surface area contributed by atoms with Crippen LogP contribution in [-0.2, 0) is 0 Å². The number of piperidine rings is 1. The van der Waals surface area contributed by atoms with Crippen molar-refractivity contribution in [3.05, 3.63) is 59.4 Å². The highest BCUT2D eigenvalue weighted by Crippen LogP contribution is 2.42. The maximum Gasteiger partial charge on any atom is 0.248 e. The van der Waals surface area contributed by atoms with Gasteiger partial charge in [-0.2, -0.15) is 0 Å². The molecule has 4 atom stereocenters. The highest BCUT2D eigenvalue weighted by molar-refractivity contribution is 5.93. The molecule has 0 radical (unpaired) electrons. The van der Waals surface area contributed by atoms with Crippen molar-refractivity contribution >= 4 is 5.91 Å². The molecule has 2 fully saturated rings. The first kappa shape index (κ1) is 18.0. The number of rotatable bonds is 5. The lowest BCUT2D eigenvalue weighted by Crippen LogP contribution is -2.47. The van der Waals surface area contributed by atoms with E-state index in [9.17, 15) is 4.79 Å². The molecular weight excluding hydrogens is 338 g/mol. The molecule has 1 unspecified atom stereocenters. The number of benzene rings is 1. The Morgan fingerprint density at radius 3 is 2.59 bits per heavy atom. The molecule has 5 nitrogen and oxygen atoms in total. The minimum absolute atomic E-state index is 0.185. The highest BCUT2D eigenvalue weighted by Gasteiger charge is 2.43. The van der Waals surface area contributed by atoms with Crippen LogP contribution in [-0.4, -0.2) is 34.0 Å². The second-order valence-electron chi connectivity index (χ2n) is 7.84. The maximum atomic E-state index is 11.4. The van der Waals surface area contributed by atoms with Crippen molar-refractivity contribution in [3.63, 3.8) is 0 Å². The molecule has 0 spiro atoms. The van der Waals surface area contributed by atoms with Gasteiger partial charge in [0, 0.05) is 35.6 Å². The summed E-state index contributed by atoms with van der Waals surface area (Å²) in [6, 6.07) is 12.9. The van der Waals surface area contributed by atoms with Crippen LogP contribution in [0.2, 0.25) is 0 Å². The third kappa shape index (κ3) is 3.69. The van der Waals surface area contributed by atoms with Gasteiger partial charge in [-0.15, -0.1) is 0 Å². The van der Waals surface area contributed by atoms with Crippen LogP contribution in [0.3, 0.4) is 0 Å². The normalized spacial score (nSPS) is 25.9. The van der Waals surface area contributed by atoms with E-state index in [0.29, 0.717) is 23.7 Å². The number of hydrogen-bond donors (Lipinski definition) is 1. The predicted molar refractivity (Wildman–Crippen MR) is 105 cm³/mol. The second-order valence-corrected chi connectivity index (χ2v) is 7.84. The van der Waals surface area contributed by atoms with Crippen molar-refractivity contribution in [2.45, 2.75) is 63.8 Å². The third-order valence-corrected chi connectivity index (χ3v) is 6.03. The number of aryl methyl sites for hydroxylation is 1. The largest absolute Gasteiger partial charge is 0.490 e. The number of primary amides is 1. The van der Waals surface area contributed by atoms with Gasteiger partial charge < -0.3 is 10.5 Å². The van der Waals surface area contributed by atoms with Crippen LogP contribution in [0.25, 0.3) is 0 Å². The topological polar surface area (TPSA) is 68.5 Å². The molecule has 1 aromatic heterocycles. The van der Waals surface area contributed by atoms with Crippen molar-refractivity contribution in [2.24, 2.45) is 5.73 Å². The van der Waals surface area contributed by atoms with Crippen molar-refractivity contribution in [1.82, 2.24) is 9.88 Å². The fourth-order valence-electron chi connectivity index (χ4n) is 4.71. The molecule has 2 bridgehead atoms. The third-order valence-electron chi connectivity index (χ3n) is 6.03. The van der Waals surface area contributed by atoms with Crippen molar-refractivity contribution in [3.8, 4) is 5.75 Å². The van der Waals surface area contributed by atoms with Crippen LogP contribution in [0, 0.1) is 6.92 Å². The molecule has 1 aromatic carbocycles. The van der Waals surface area contributed by atoms with E-state index < -0.39 is 5.91 Å². The van der Waals surface area contributed by atoms with Gasteiger partial charge in [0.05, 0.1) is 0 Å². The van der Waals surface area contributed by atoms with Gasteiger partial charge in [-0.3, -0.25) is 14.7 Å². The first-order valence-electron chi connectivity index (χ1n) is 9.78. The van der Waals surface area contributed by atoms with E-state index >= 15 is 0 Å². The zero-order chi connectivity index (χ0) is 19.0. The van der Waals surface area contributed by atoms with E-state index in [1.807, 2.05) is 25.3 Å². The average Bonchev–Trinajstić information content (AvgIpc) is 2.92. The Hall–Kier alpha value is -2.40. The van der Waals surface area contributed by atoms with Gasteiger partial charge in [0.25, 0.3) is 0 Å². The van der Waals surface area contributed by atoms with Crippen molar-refractivity contribution < 1.29 is 9.53 Å². The maximum absolute atomic E-state index is 11.4. The predicted octanol–water partition coefficient (Wildman–Crippen LogP) is 3.62. The van der Waals surface area contributed by atoms with E-state index in [1.54, 1.807) is 12.1 Å². The van der Waals surface area contributed by atoms with E-state index in [4.69, 9.17) is 10.5 Å². The van der Waals surface area contributed by atoms with Crippen LogP contribution in [0.15, 0.2) is 42.6 Å². The summed E-state index contributed by atoms with van der Waals surface area (Å²) in [4.78, 5) is 18.5. The number of fused-ring (bicyclic) bond motifs is 2. The number of aromatic nitrogens is 1. The van der Waals surface area contributed by atoms with Gasteiger partial charge in [0.15, 0.2) is 0 Å². The van der Waals surface area contributed by atoms with Crippen LogP contribution in [0.1, 0.15) is 60.3 Å². The molecule has 3 heterocycles. The fraction of sp³-hybridized carbons (Fsp3) is 0.455. The molecule has 5 heteroatoms. The number of nitrogens with two attached hydrogens (primary N) is 1. The van der Waals surface area contributed by atoms with Crippen LogP contribution >= 0.6 is 0 Å². The van der Waals surface area contributed by atoms with Crippen LogP contribution < -0.4 is 10.5 Å². The highest BCUT2D eigenvalue weighted by atomic mass is 16.5. The molecule has 4 rings (SSSR count). The van der Waals surface area contributed by atoms with Gasteiger partial charge in [0.2, 0.25) is 5.91 Å². The SMILES string of the molecule is Cc1ccc([C@@H](C)N2[C@@H]3CC[C@H]2CC(Oc2cccc(C(N)=O)c2)C3)cn1. The monoisotopic (exact) mass is 365 g/mol. The lowest BCUT2D eigenvalue weighted by Gasteiger charge is -2.42. The number of nitrogens with zero attached hydrogens (tertiary/aromatic N) is 2. The molecular formula is C22H27N3O2. The molecule has 2 N–H and O–H groups in total. The molecule has 0 aliphatic carbocycles. The Kier molecular flexibility index (Phi) is 4.87. The summed E-state index contributed by atoms with van der Waals surface area (Å²) in [6.07, 6.45) is 6.66. The van der Waals surface area contributed by atoms with Gasteiger partial charge in [0.1, 0.15) is 11.9 Å². The molecule has 2 aliphatic heterocycles. The molecule has 27 heavy (non-hydrogen) atoms. The van der Waals surface area contributed by atoms with Crippen molar-refractivity contribution in [2.75, 3.05) is 0 Å². The first-order valence-corrected chi connectivity index (χ1v) is 9.78. The Morgan fingerprint density at radius 2 is 1.96 bits per heavy atom. The number of amides is 1. The molecule has 2 saturated heterocycles. The Labute approximate surface area is 160 Å². The minimum Gasteiger partial charge on any atom is -0.490 e. The van der Waals surface area contributed by atoms with Crippen molar-refractivity contribution in [1.29, 1.82) is 0 Å². The van der Waals surface area contributed by atoms with Gasteiger partial charge in [-0.05, 0) is 69.4 Å². The molecule has 2 aromatic rings. The quantitative estimate of drug-likeness (QED) is 0.879. The van der Waals surface area contributed by atoms with Gasteiger partial charge in [-0.25, -0.2) is 0 Å². The second kappa shape index (κ2) is 7.31. The summed E-state index contributed by atoms with van der Waals surface area (Å²) < 4.78 is 6.23. The lowest BCUT2D eigenvalue weighted by molar-refractivity contribution is 0.0253. The van der Waals surface area contributed by atoms with Gasteiger partial charge in [-0.1, -0.05) is 12.1 Å². The van der Waals surface area contributed by atoms with E-state index in [0.717, 1.165) is 24.3 Å².